The van der Waals surface area contributed by atoms with E-state index in [9.17, 15) is 19.4 Å². The summed E-state index contributed by atoms with van der Waals surface area (Å²) in [6, 6.07) is 8.07. The number of ether oxygens (including phenoxy) is 1. The van der Waals surface area contributed by atoms with Crippen molar-refractivity contribution in [3.63, 3.8) is 0 Å². The van der Waals surface area contributed by atoms with Crippen LogP contribution in [-0.2, 0) is 16.2 Å². The molecule has 0 aliphatic heterocycles. The first-order valence-corrected chi connectivity index (χ1v) is 15.2. The minimum atomic E-state index is -1.17. The summed E-state index contributed by atoms with van der Waals surface area (Å²) >= 11 is 4.33. The maximum absolute atomic E-state index is 14.0. The fourth-order valence-electron chi connectivity index (χ4n) is 9.04. The number of thiol groups is 1. The molecule has 4 aliphatic rings. The van der Waals surface area contributed by atoms with Crippen molar-refractivity contribution < 1.29 is 33.3 Å². The molecule has 43 heavy (non-hydrogen) atoms. The smallest absolute Gasteiger partial charge is 0.285 e. The Morgan fingerprint density at radius 2 is 2.05 bits per heavy atom. The first-order valence-electron chi connectivity index (χ1n) is 14.8. The number of benzene rings is 1. The maximum Gasteiger partial charge on any atom is 0.285 e. The third-order valence-corrected chi connectivity index (χ3v) is 11.3. The summed E-state index contributed by atoms with van der Waals surface area (Å²) < 4.78 is 25.8. The summed E-state index contributed by atoms with van der Waals surface area (Å²) in [5, 5.41) is 24.5. The molecule has 3 fully saturated rings. The molecule has 7 atom stereocenters. The summed E-state index contributed by atoms with van der Waals surface area (Å²) in [6.45, 7) is 6.31. The van der Waals surface area contributed by atoms with Crippen molar-refractivity contribution in [2.45, 2.75) is 70.7 Å². The molecule has 1 heterocycles. The molecule has 8 nitrogen and oxygen atoms in total. The molecule has 0 saturated heterocycles. The van der Waals surface area contributed by atoms with Crippen molar-refractivity contribution in [1.29, 1.82) is 0 Å². The van der Waals surface area contributed by atoms with Gasteiger partial charge >= 0.3 is 0 Å². The van der Waals surface area contributed by atoms with E-state index in [0.717, 1.165) is 30.5 Å². The number of rotatable bonds is 7. The van der Waals surface area contributed by atoms with Crippen LogP contribution in [0.3, 0.4) is 0 Å². The van der Waals surface area contributed by atoms with Crippen molar-refractivity contribution >= 4 is 30.2 Å². The zero-order valence-corrected chi connectivity index (χ0v) is 25.5. The molecule has 3 saturated carbocycles. The molecule has 2 aromatic rings. The molecule has 0 spiro atoms. The number of carbonyl (C=O) groups is 2. The number of aliphatic hydroxyl groups is 2. The van der Waals surface area contributed by atoms with Gasteiger partial charge in [-0.15, -0.1) is 12.6 Å². The second kappa shape index (κ2) is 11.9. The van der Waals surface area contributed by atoms with Gasteiger partial charge in [0.15, 0.2) is 5.60 Å². The number of hydrogen-bond donors (Lipinski definition) is 5. The normalized spacial score (nSPS) is 34.6. The van der Waals surface area contributed by atoms with Crippen LogP contribution < -0.4 is 15.8 Å². The van der Waals surface area contributed by atoms with E-state index >= 15 is 0 Å². The highest BCUT2D eigenvalue weighted by Gasteiger charge is 2.70. The lowest BCUT2D eigenvalue weighted by Crippen LogP contribution is -2.62. The van der Waals surface area contributed by atoms with Crippen molar-refractivity contribution in [2.24, 2.45) is 34.3 Å². The van der Waals surface area contributed by atoms with Crippen molar-refractivity contribution in [3.8, 4) is 5.95 Å². The Morgan fingerprint density at radius 1 is 1.28 bits per heavy atom. The van der Waals surface area contributed by atoms with Crippen molar-refractivity contribution in [2.75, 3.05) is 11.9 Å². The van der Waals surface area contributed by atoms with Crippen LogP contribution in [0.2, 0.25) is 0 Å². The Bertz CT molecular complexity index is 1430. The van der Waals surface area contributed by atoms with Crippen LogP contribution in [0, 0.1) is 34.4 Å². The molecule has 1 aromatic carbocycles. The third-order valence-electron chi connectivity index (χ3n) is 10.9. The highest BCUT2D eigenvalue weighted by atomic mass is 32.1. The highest BCUT2D eigenvalue weighted by molar-refractivity contribution is 7.96. The molecule has 10 heteroatoms. The van der Waals surface area contributed by atoms with E-state index in [4.69, 9.17) is 19.7 Å². The highest BCUT2D eigenvalue weighted by Crippen LogP contribution is 2.68. The van der Waals surface area contributed by atoms with E-state index in [1.807, 2.05) is 6.79 Å². The quantitative estimate of drug-likeness (QED) is 0.271. The van der Waals surface area contributed by atoms with Gasteiger partial charge in [-0.3, -0.25) is 4.79 Å². The Labute approximate surface area is 257 Å². The number of nitrogens with two attached hydrogens (primary N) is 1. The van der Waals surface area contributed by atoms with Gasteiger partial charge in [0.2, 0.25) is 5.12 Å². The van der Waals surface area contributed by atoms with E-state index in [1.165, 1.54) is 17.9 Å². The molecule has 0 bridgehead atoms. The molecule has 4 aliphatic carbocycles. The van der Waals surface area contributed by atoms with Gasteiger partial charge in [0.05, 0.1) is 19.0 Å². The summed E-state index contributed by atoms with van der Waals surface area (Å²) in [7, 11) is 0. The topological polar surface area (TPSA) is 135 Å². The summed E-state index contributed by atoms with van der Waals surface area (Å²) in [5.74, 6) is 0.246. The molecule has 232 valence electrons. The lowest BCUT2D eigenvalue weighted by molar-refractivity contribution is -0.169. The maximum atomic E-state index is 14.0. The van der Waals surface area contributed by atoms with Crippen LogP contribution in [0.15, 0.2) is 63.9 Å². The molecule has 2 unspecified atom stereocenters. The number of nitrogens with one attached hydrogen (secondary N) is 1. The van der Waals surface area contributed by atoms with Crippen LogP contribution in [-0.4, -0.2) is 40.4 Å². The molecule has 0 amide bonds. The van der Waals surface area contributed by atoms with Gasteiger partial charge in [-0.05, 0) is 97.6 Å². The molecular weight excluding hydrogens is 571 g/mol. The van der Waals surface area contributed by atoms with E-state index < -0.39 is 22.9 Å². The van der Waals surface area contributed by atoms with Gasteiger partial charge in [-0.2, -0.15) is 0 Å². The number of fused-ring (bicyclic) bond motifs is 5. The first-order chi connectivity index (χ1) is 20.6. The van der Waals surface area contributed by atoms with E-state index in [2.05, 4.69) is 37.9 Å². The number of aliphatic hydroxyl groups excluding tert-OH is 2. The van der Waals surface area contributed by atoms with Crippen LogP contribution in [0.1, 0.15) is 57.9 Å². The number of carbonyl (C=O) groups excluding carboxylic acids is 2. The Kier molecular flexibility index (Phi) is 8.70. The van der Waals surface area contributed by atoms with Gasteiger partial charge < -0.3 is 35.2 Å². The zero-order chi connectivity index (χ0) is 31.2. The van der Waals surface area contributed by atoms with Crippen LogP contribution in [0.5, 0.6) is 5.95 Å². The van der Waals surface area contributed by atoms with Crippen LogP contribution in [0.25, 0.3) is 0 Å². The summed E-state index contributed by atoms with van der Waals surface area (Å²) in [4.78, 5) is 21.2. The van der Waals surface area contributed by atoms with Gasteiger partial charge in [-0.1, -0.05) is 19.4 Å². The van der Waals surface area contributed by atoms with E-state index in [1.54, 1.807) is 24.3 Å². The monoisotopic (exact) mass is 612 g/mol. The fraction of sp³-hybridized carbons (Fsp3) is 0.515. The number of allylic oxidation sites excluding steroid dienone is 2. The minimum Gasteiger partial charge on any atom is -0.449 e. The van der Waals surface area contributed by atoms with E-state index in [-0.39, 0.29) is 40.5 Å². The second-order valence-corrected chi connectivity index (χ2v) is 13.2. The predicted octanol–water partition coefficient (Wildman–Crippen LogP) is 5.17. The predicted molar refractivity (Wildman–Crippen MR) is 164 cm³/mol. The van der Waals surface area contributed by atoms with Gasteiger partial charge in [0.1, 0.15) is 12.6 Å². The number of furan rings is 1. The minimum absolute atomic E-state index is 0.00456. The summed E-state index contributed by atoms with van der Waals surface area (Å²) in [6.07, 6.45) is 7.30. The lowest BCUT2D eigenvalue weighted by Gasteiger charge is -2.60. The Hall–Kier alpha value is -2.92. The molecule has 6 rings (SSSR count). The molecular formula is C33H41FN2O6S. The fourth-order valence-corrected chi connectivity index (χ4v) is 9.45. The summed E-state index contributed by atoms with van der Waals surface area (Å²) in [5.41, 5.74) is 8.36. The Morgan fingerprint density at radius 3 is 2.70 bits per heavy atom. The second-order valence-electron chi connectivity index (χ2n) is 12.8. The largest absolute Gasteiger partial charge is 0.449 e. The number of hydrogen-bond acceptors (Lipinski definition) is 8. The van der Waals surface area contributed by atoms with Crippen LogP contribution >= 0.6 is 12.6 Å². The van der Waals surface area contributed by atoms with Gasteiger partial charge in [0.25, 0.3) is 5.95 Å². The number of anilines is 1. The van der Waals surface area contributed by atoms with E-state index in [0.29, 0.717) is 37.4 Å². The standard InChI is InChI=1S/C32H39FN2O5S.CH2O/c1-30-14-19(16-34)25(35-21-6-8-24(33)18(12-21)17-36)13-20(30)5-7-22-23-9-10-32(29(38)41,40-27-4-3-11-39-27)31(23,2)15-26(37)28(22)30;1-2/h3-4,6,8,11-13,22-23,26,28,35-37H,5,7,9-10,14-17,34H2,1-2H3,(H,38,41);1H2/t22-,23?,26-,28?,30-,31-,32-;/m0./s1. The molecule has 0 radical (unpaired) electrons. The SMILES string of the molecule is C=O.C[C@]12CC(CN)=C(Nc3ccc(F)c(CO)c3)C=C1CC[C@@H]1C2[C@@H](O)C[C@@]2(C)C1CC[C@]2(Oc1ccco1)C(=O)S. The average Bonchev–Trinajstić information content (AvgIpc) is 3.60. The van der Waals surface area contributed by atoms with Crippen LogP contribution in [0.4, 0.5) is 10.1 Å². The molecule has 1 aromatic heterocycles. The molecule has 5 N–H and O–H groups in total. The van der Waals surface area contributed by atoms with Crippen molar-refractivity contribution in [3.05, 3.63) is 70.9 Å². The third kappa shape index (κ3) is 4.96. The van der Waals surface area contributed by atoms with Gasteiger partial charge in [-0.25, -0.2) is 4.39 Å². The lowest BCUT2D eigenvalue weighted by atomic mass is 9.45. The van der Waals surface area contributed by atoms with Gasteiger partial charge in [0, 0.05) is 35.0 Å². The Balaban J connectivity index is 0.00000180. The number of halogens is 1. The zero-order valence-electron chi connectivity index (χ0n) is 24.6. The first kappa shape index (κ1) is 31.5. The average molecular weight is 613 g/mol. The van der Waals surface area contributed by atoms with Crippen molar-refractivity contribution in [1.82, 2.24) is 0 Å².